The fourth-order valence-electron chi connectivity index (χ4n) is 3.90. The fraction of sp³-hybridized carbons (Fsp3) is 0.500. The van der Waals surface area contributed by atoms with Crippen molar-refractivity contribution in [2.75, 3.05) is 20.1 Å². The van der Waals surface area contributed by atoms with E-state index in [2.05, 4.69) is 50.5 Å². The Morgan fingerprint density at radius 1 is 1.30 bits per heavy atom. The maximum absolute atomic E-state index is 10.6. The lowest BCUT2D eigenvalue weighted by Gasteiger charge is -2.26. The Balaban J connectivity index is 1.40. The first-order valence-electron chi connectivity index (χ1n) is 9.47. The van der Waals surface area contributed by atoms with Gasteiger partial charge in [0.25, 0.3) is 0 Å². The van der Waals surface area contributed by atoms with Crippen LogP contribution in [0.25, 0.3) is 11.0 Å². The van der Waals surface area contributed by atoms with E-state index < -0.39 is 6.10 Å². The predicted octanol–water partition coefficient (Wildman–Crippen LogP) is 2.28. The van der Waals surface area contributed by atoms with Gasteiger partial charge in [-0.25, -0.2) is 0 Å². The zero-order valence-corrected chi connectivity index (χ0v) is 16.1. The van der Waals surface area contributed by atoms with Gasteiger partial charge in [-0.3, -0.25) is 9.80 Å². The number of hydrogen-bond donors (Lipinski definition) is 1. The van der Waals surface area contributed by atoms with Crippen molar-refractivity contribution >= 4 is 11.0 Å². The van der Waals surface area contributed by atoms with Gasteiger partial charge in [0.15, 0.2) is 0 Å². The molecule has 1 N–H and O–H groups in total. The van der Waals surface area contributed by atoms with Crippen molar-refractivity contribution in [2.45, 2.75) is 45.1 Å². The van der Waals surface area contributed by atoms with E-state index in [4.69, 9.17) is 4.42 Å². The van der Waals surface area contributed by atoms with Crippen LogP contribution in [0.1, 0.15) is 31.5 Å². The van der Waals surface area contributed by atoms with Crippen LogP contribution in [0.4, 0.5) is 0 Å². The molecule has 0 saturated carbocycles. The third-order valence-electron chi connectivity index (χ3n) is 5.35. The zero-order valence-electron chi connectivity index (χ0n) is 16.1. The van der Waals surface area contributed by atoms with Gasteiger partial charge in [0.05, 0.1) is 19.2 Å². The highest BCUT2D eigenvalue weighted by Gasteiger charge is 2.34. The molecule has 1 aromatic carbocycles. The number of fused-ring (bicyclic) bond motifs is 1. The van der Waals surface area contributed by atoms with Crippen LogP contribution >= 0.6 is 0 Å². The van der Waals surface area contributed by atoms with Crippen LogP contribution in [0.3, 0.4) is 0 Å². The first kappa shape index (κ1) is 18.2. The van der Waals surface area contributed by atoms with E-state index in [1.807, 2.05) is 25.2 Å². The summed E-state index contributed by atoms with van der Waals surface area (Å²) < 4.78 is 8.00. The molecule has 2 aromatic heterocycles. The maximum atomic E-state index is 10.6. The number of rotatable bonds is 6. The molecule has 0 radical (unpaired) electrons. The van der Waals surface area contributed by atoms with Gasteiger partial charge in [-0.1, -0.05) is 18.2 Å². The molecule has 0 amide bonds. The van der Waals surface area contributed by atoms with Crippen molar-refractivity contribution in [2.24, 2.45) is 0 Å². The maximum Gasteiger partial charge on any atom is 0.147 e. The van der Waals surface area contributed by atoms with Crippen LogP contribution in [-0.2, 0) is 13.1 Å². The van der Waals surface area contributed by atoms with Crippen LogP contribution in [0.5, 0.6) is 0 Å². The lowest BCUT2D eigenvalue weighted by atomic mass is 10.2. The smallest absolute Gasteiger partial charge is 0.147 e. The van der Waals surface area contributed by atoms with Gasteiger partial charge in [0, 0.05) is 30.6 Å². The SMILES string of the molecule is CC(C)n1cnnc1CN(C)[C@H]1CN(Cc2cc3ccccc3o2)C[C@@H]1O. The second-order valence-electron chi connectivity index (χ2n) is 7.74. The molecule has 2 atom stereocenters. The molecule has 1 saturated heterocycles. The van der Waals surface area contributed by atoms with E-state index in [0.29, 0.717) is 25.7 Å². The third kappa shape index (κ3) is 3.76. The summed E-state index contributed by atoms with van der Waals surface area (Å²) in [6, 6.07) is 10.5. The highest BCUT2D eigenvalue weighted by Crippen LogP contribution is 2.23. The number of aliphatic hydroxyl groups excluding tert-OH is 1. The first-order valence-corrected chi connectivity index (χ1v) is 9.47. The predicted molar refractivity (Wildman–Crippen MR) is 103 cm³/mol. The molecule has 27 heavy (non-hydrogen) atoms. The van der Waals surface area contributed by atoms with Gasteiger partial charge in [-0.2, -0.15) is 0 Å². The Kier molecular flexibility index (Phi) is 4.99. The molecular formula is C20H27N5O2. The topological polar surface area (TPSA) is 70.6 Å². The monoisotopic (exact) mass is 369 g/mol. The summed E-state index contributed by atoms with van der Waals surface area (Å²) in [6.07, 6.45) is 1.38. The third-order valence-corrected chi connectivity index (χ3v) is 5.35. The molecule has 3 aromatic rings. The highest BCUT2D eigenvalue weighted by atomic mass is 16.3. The minimum Gasteiger partial charge on any atom is -0.460 e. The second kappa shape index (κ2) is 7.42. The second-order valence-corrected chi connectivity index (χ2v) is 7.74. The average molecular weight is 369 g/mol. The first-order chi connectivity index (χ1) is 13.0. The summed E-state index contributed by atoms with van der Waals surface area (Å²) in [5.74, 6) is 1.86. The number of furan rings is 1. The van der Waals surface area contributed by atoms with E-state index >= 15 is 0 Å². The Bertz CT molecular complexity index is 870. The van der Waals surface area contributed by atoms with Gasteiger partial charge in [-0.15, -0.1) is 10.2 Å². The van der Waals surface area contributed by atoms with Gasteiger partial charge >= 0.3 is 0 Å². The van der Waals surface area contributed by atoms with E-state index in [0.717, 1.165) is 29.1 Å². The number of likely N-dealkylation sites (N-methyl/N-ethyl adjacent to an activating group) is 1. The molecule has 7 heteroatoms. The molecule has 4 rings (SSSR count). The molecule has 144 valence electrons. The van der Waals surface area contributed by atoms with Crippen LogP contribution in [0, 0.1) is 0 Å². The van der Waals surface area contributed by atoms with Crippen LogP contribution < -0.4 is 0 Å². The number of hydrogen-bond acceptors (Lipinski definition) is 6. The quantitative estimate of drug-likeness (QED) is 0.719. The Morgan fingerprint density at radius 2 is 2.11 bits per heavy atom. The van der Waals surface area contributed by atoms with E-state index in [1.165, 1.54) is 0 Å². The van der Waals surface area contributed by atoms with Crippen molar-refractivity contribution in [3.8, 4) is 0 Å². The number of nitrogens with zero attached hydrogens (tertiary/aromatic N) is 5. The normalized spacial score (nSPS) is 21.1. The molecule has 1 aliphatic heterocycles. The summed E-state index contributed by atoms with van der Waals surface area (Å²) in [5, 5.41) is 20.0. The minimum absolute atomic E-state index is 0.0618. The molecule has 1 aliphatic rings. The number of likely N-dealkylation sites (tertiary alicyclic amines) is 1. The summed E-state index contributed by atoms with van der Waals surface area (Å²) in [6.45, 7) is 7.04. The van der Waals surface area contributed by atoms with Crippen molar-refractivity contribution in [1.29, 1.82) is 0 Å². The number of aliphatic hydroxyl groups is 1. The van der Waals surface area contributed by atoms with Crippen LogP contribution in [-0.4, -0.2) is 62.0 Å². The molecule has 7 nitrogen and oxygen atoms in total. The Morgan fingerprint density at radius 3 is 2.89 bits per heavy atom. The number of benzene rings is 1. The Hall–Kier alpha value is -2.22. The summed E-state index contributed by atoms with van der Waals surface area (Å²) >= 11 is 0. The molecule has 3 heterocycles. The van der Waals surface area contributed by atoms with E-state index in [-0.39, 0.29) is 6.04 Å². The largest absolute Gasteiger partial charge is 0.460 e. The van der Waals surface area contributed by atoms with Crippen molar-refractivity contribution in [3.05, 3.63) is 48.2 Å². The molecule has 0 aliphatic carbocycles. The minimum atomic E-state index is -0.394. The molecule has 1 fully saturated rings. The molecular weight excluding hydrogens is 342 g/mol. The van der Waals surface area contributed by atoms with Crippen molar-refractivity contribution in [3.63, 3.8) is 0 Å². The average Bonchev–Trinajstić information content (AvgIpc) is 3.32. The van der Waals surface area contributed by atoms with Gasteiger partial charge in [0.2, 0.25) is 0 Å². The van der Waals surface area contributed by atoms with E-state index in [9.17, 15) is 5.11 Å². The van der Waals surface area contributed by atoms with Gasteiger partial charge in [-0.05, 0) is 33.0 Å². The van der Waals surface area contributed by atoms with Gasteiger partial charge in [0.1, 0.15) is 23.5 Å². The fourth-order valence-corrected chi connectivity index (χ4v) is 3.90. The molecule has 0 bridgehead atoms. The number of para-hydroxylation sites is 1. The van der Waals surface area contributed by atoms with Crippen LogP contribution in [0.2, 0.25) is 0 Å². The lowest BCUT2D eigenvalue weighted by molar-refractivity contribution is 0.0926. The zero-order chi connectivity index (χ0) is 19.0. The van der Waals surface area contributed by atoms with Crippen molar-refractivity contribution in [1.82, 2.24) is 24.6 Å². The summed E-state index contributed by atoms with van der Waals surface area (Å²) in [7, 11) is 2.04. The van der Waals surface area contributed by atoms with Crippen LogP contribution in [0.15, 0.2) is 41.1 Å². The molecule has 0 spiro atoms. The standard InChI is InChI=1S/C20H27N5O2/c1-14(2)25-13-21-22-20(25)12-23(3)17-10-24(11-18(17)26)9-16-8-15-6-4-5-7-19(15)27-16/h4-8,13-14,17-18,26H,9-12H2,1-3H3/t17-,18-/m0/s1. The number of aromatic nitrogens is 3. The number of β-amino-alcohol motifs (C(OH)–C–C–N with tert-alkyl or cyclic N) is 1. The lowest BCUT2D eigenvalue weighted by Crippen LogP contribution is -2.40. The highest BCUT2D eigenvalue weighted by molar-refractivity contribution is 5.77. The Labute approximate surface area is 159 Å². The molecule has 0 unspecified atom stereocenters. The summed E-state index contributed by atoms with van der Waals surface area (Å²) in [5.41, 5.74) is 0.911. The summed E-state index contributed by atoms with van der Waals surface area (Å²) in [4.78, 5) is 4.42. The van der Waals surface area contributed by atoms with Gasteiger partial charge < -0.3 is 14.1 Å². The van der Waals surface area contributed by atoms with E-state index in [1.54, 1.807) is 6.33 Å². The van der Waals surface area contributed by atoms with Crippen molar-refractivity contribution < 1.29 is 9.52 Å².